The Morgan fingerprint density at radius 3 is 1.23 bits per heavy atom. The molecule has 0 N–H and O–H groups in total. The molecule has 0 heterocycles. The first-order valence-electron chi connectivity index (χ1n) is 5.26. The standard InChI is InChI=1S/C11H5F11/c12-6-3-1-5(2-4-6)7(13)8(9(14,15)16,10(17,18)19)11(20,21)22/h1-4,7H. The third kappa shape index (κ3) is 2.72. The van der Waals surface area contributed by atoms with Gasteiger partial charge in [-0.05, 0) is 17.7 Å². The minimum absolute atomic E-state index is 0.0813. The molecule has 1 unspecified atom stereocenters. The summed E-state index contributed by atoms with van der Waals surface area (Å²) in [5, 5.41) is 0. The van der Waals surface area contributed by atoms with Crippen molar-refractivity contribution in [3.8, 4) is 0 Å². The normalized spacial score (nSPS) is 15.8. The van der Waals surface area contributed by atoms with E-state index in [1.807, 2.05) is 0 Å². The van der Waals surface area contributed by atoms with E-state index < -0.39 is 41.5 Å². The number of rotatable bonds is 2. The summed E-state index contributed by atoms with van der Waals surface area (Å²) < 4.78 is 140. The first-order valence-corrected chi connectivity index (χ1v) is 5.26. The van der Waals surface area contributed by atoms with Crippen LogP contribution in [0.25, 0.3) is 0 Å². The van der Waals surface area contributed by atoms with Gasteiger partial charge in [0.2, 0.25) is 0 Å². The van der Waals surface area contributed by atoms with Crippen LogP contribution in [0.4, 0.5) is 48.3 Å². The number of alkyl halides is 10. The topological polar surface area (TPSA) is 0 Å². The lowest BCUT2D eigenvalue weighted by atomic mass is 9.77. The Morgan fingerprint density at radius 2 is 0.955 bits per heavy atom. The molecule has 0 bridgehead atoms. The predicted molar refractivity (Wildman–Crippen MR) is 50.8 cm³/mol. The second-order valence-corrected chi connectivity index (χ2v) is 4.22. The average Bonchev–Trinajstić information content (AvgIpc) is 2.23. The van der Waals surface area contributed by atoms with Crippen LogP contribution >= 0.6 is 0 Å². The summed E-state index contributed by atoms with van der Waals surface area (Å²) in [6.07, 6.45) is -25.6. The van der Waals surface area contributed by atoms with Gasteiger partial charge in [0.25, 0.3) is 5.41 Å². The lowest BCUT2D eigenvalue weighted by molar-refractivity contribution is -0.443. The highest BCUT2D eigenvalue weighted by Crippen LogP contribution is 2.66. The van der Waals surface area contributed by atoms with Gasteiger partial charge in [0, 0.05) is 0 Å². The number of hydrogen-bond acceptors (Lipinski definition) is 0. The van der Waals surface area contributed by atoms with Crippen molar-refractivity contribution in [3.63, 3.8) is 0 Å². The summed E-state index contributed by atoms with van der Waals surface area (Å²) >= 11 is 0. The molecular formula is C11H5F11. The first kappa shape index (κ1) is 18.5. The molecule has 11 heteroatoms. The van der Waals surface area contributed by atoms with Gasteiger partial charge in [-0.25, -0.2) is 8.78 Å². The van der Waals surface area contributed by atoms with E-state index in [2.05, 4.69) is 0 Å². The maximum atomic E-state index is 13.8. The van der Waals surface area contributed by atoms with E-state index >= 15 is 0 Å². The van der Waals surface area contributed by atoms with E-state index in [1.165, 1.54) is 0 Å². The molecule has 0 aliphatic rings. The van der Waals surface area contributed by atoms with E-state index in [4.69, 9.17) is 0 Å². The Kier molecular flexibility index (Phi) is 4.43. The molecule has 0 nitrogen and oxygen atoms in total. The summed E-state index contributed by atoms with van der Waals surface area (Å²) in [5.74, 6) is -1.17. The van der Waals surface area contributed by atoms with Crippen molar-refractivity contribution in [2.45, 2.75) is 24.7 Å². The van der Waals surface area contributed by atoms with Crippen molar-refractivity contribution < 1.29 is 48.3 Å². The fourth-order valence-corrected chi connectivity index (χ4v) is 1.79. The third-order valence-corrected chi connectivity index (χ3v) is 2.88. The molecule has 0 fully saturated rings. The van der Waals surface area contributed by atoms with Crippen molar-refractivity contribution in [3.05, 3.63) is 35.6 Å². The van der Waals surface area contributed by atoms with E-state index in [1.54, 1.807) is 0 Å². The van der Waals surface area contributed by atoms with Crippen molar-refractivity contribution in [2.24, 2.45) is 5.41 Å². The van der Waals surface area contributed by atoms with Crippen LogP contribution in [0, 0.1) is 11.2 Å². The van der Waals surface area contributed by atoms with Crippen LogP contribution in [0.2, 0.25) is 0 Å². The fourth-order valence-electron chi connectivity index (χ4n) is 1.79. The maximum Gasteiger partial charge on any atom is 0.415 e. The highest BCUT2D eigenvalue weighted by molar-refractivity contribution is 5.24. The molecule has 0 spiro atoms. The second-order valence-electron chi connectivity index (χ2n) is 4.22. The van der Waals surface area contributed by atoms with Crippen molar-refractivity contribution in [1.29, 1.82) is 0 Å². The van der Waals surface area contributed by atoms with Crippen LogP contribution in [0.1, 0.15) is 11.7 Å². The number of hydrogen-bond donors (Lipinski definition) is 0. The molecule has 0 aliphatic carbocycles. The van der Waals surface area contributed by atoms with E-state index in [0.29, 0.717) is 0 Å². The minimum atomic E-state index is -7.02. The predicted octanol–water partition coefficient (Wildman–Crippen LogP) is 5.51. The zero-order valence-corrected chi connectivity index (χ0v) is 10.0. The monoisotopic (exact) mass is 346 g/mol. The highest BCUT2D eigenvalue weighted by atomic mass is 19.4. The largest absolute Gasteiger partial charge is 0.415 e. The molecule has 1 aromatic carbocycles. The van der Waals surface area contributed by atoms with Gasteiger partial charge in [-0.1, -0.05) is 12.1 Å². The molecule has 22 heavy (non-hydrogen) atoms. The summed E-state index contributed by atoms with van der Waals surface area (Å²) in [7, 11) is 0. The molecule has 1 aromatic rings. The first-order chi connectivity index (χ1) is 9.66. The van der Waals surface area contributed by atoms with E-state index in [9.17, 15) is 48.3 Å². The van der Waals surface area contributed by atoms with Crippen molar-refractivity contribution in [1.82, 2.24) is 0 Å². The van der Waals surface area contributed by atoms with Crippen LogP contribution in [0.5, 0.6) is 0 Å². The molecule has 1 rings (SSSR count). The maximum absolute atomic E-state index is 13.8. The van der Waals surface area contributed by atoms with Crippen LogP contribution in [-0.4, -0.2) is 18.5 Å². The van der Waals surface area contributed by atoms with Gasteiger partial charge in [-0.2, -0.15) is 39.5 Å². The summed E-state index contributed by atoms with van der Waals surface area (Å²) in [6, 6.07) is 0.654. The fraction of sp³-hybridized carbons (Fsp3) is 0.455. The van der Waals surface area contributed by atoms with Gasteiger partial charge in [0.15, 0.2) is 6.17 Å². The summed E-state index contributed by atoms with van der Waals surface area (Å²) in [6.45, 7) is 0. The molecule has 0 saturated heterocycles. The zero-order valence-electron chi connectivity index (χ0n) is 10.0. The van der Waals surface area contributed by atoms with Gasteiger partial charge in [-0.3, -0.25) is 0 Å². The SMILES string of the molecule is Fc1ccc(C(F)C(C(F)(F)F)(C(F)(F)F)C(F)(F)F)cc1. The zero-order chi connectivity index (χ0) is 17.6. The average molecular weight is 346 g/mol. The van der Waals surface area contributed by atoms with Crippen molar-refractivity contribution in [2.75, 3.05) is 0 Å². The summed E-state index contributed by atoms with van der Waals surface area (Å²) in [5.41, 5.74) is -8.22. The Morgan fingerprint density at radius 1 is 0.636 bits per heavy atom. The quantitative estimate of drug-likeness (QED) is 0.620. The van der Waals surface area contributed by atoms with Crippen LogP contribution in [0.15, 0.2) is 24.3 Å². The Hall–Kier alpha value is -1.55. The van der Waals surface area contributed by atoms with Gasteiger partial charge < -0.3 is 0 Å². The molecule has 0 amide bonds. The van der Waals surface area contributed by atoms with Crippen LogP contribution in [0.3, 0.4) is 0 Å². The number of benzene rings is 1. The Balaban J connectivity index is 3.66. The molecule has 0 radical (unpaired) electrons. The molecule has 126 valence electrons. The van der Waals surface area contributed by atoms with Gasteiger partial charge in [-0.15, -0.1) is 0 Å². The lowest BCUT2D eigenvalue weighted by Gasteiger charge is -2.40. The second kappa shape index (κ2) is 5.27. The third-order valence-electron chi connectivity index (χ3n) is 2.88. The highest BCUT2D eigenvalue weighted by Gasteiger charge is 2.87. The molecule has 1 atom stereocenters. The summed E-state index contributed by atoms with van der Waals surface area (Å²) in [4.78, 5) is 0. The molecule has 0 aromatic heterocycles. The molecule has 0 aliphatic heterocycles. The molecule has 0 saturated carbocycles. The van der Waals surface area contributed by atoms with Crippen molar-refractivity contribution >= 4 is 0 Å². The lowest BCUT2D eigenvalue weighted by Crippen LogP contribution is -2.62. The van der Waals surface area contributed by atoms with Gasteiger partial charge >= 0.3 is 18.5 Å². The van der Waals surface area contributed by atoms with Gasteiger partial charge in [0.1, 0.15) is 5.82 Å². The number of halogens is 11. The Labute approximate surface area is 115 Å². The van der Waals surface area contributed by atoms with Crippen LogP contribution in [-0.2, 0) is 0 Å². The van der Waals surface area contributed by atoms with Gasteiger partial charge in [0.05, 0.1) is 0 Å². The van der Waals surface area contributed by atoms with Crippen LogP contribution < -0.4 is 0 Å². The van der Waals surface area contributed by atoms with E-state index in [0.717, 1.165) is 0 Å². The molecular weight excluding hydrogens is 341 g/mol. The minimum Gasteiger partial charge on any atom is -0.241 e. The van der Waals surface area contributed by atoms with E-state index in [-0.39, 0.29) is 24.3 Å². The Bertz CT molecular complexity index is 469. The smallest absolute Gasteiger partial charge is 0.241 e.